The number of Topliss-reactive ketones (excluding diaryl/α,β-unsaturated/α-hetero) is 1. The number of unbranched alkanes of at least 4 members (excludes halogenated alkanes) is 2. The summed E-state index contributed by atoms with van der Waals surface area (Å²) in [7, 11) is -7.11. The molecule has 2 heterocycles. The van der Waals surface area contributed by atoms with Crippen molar-refractivity contribution in [1.82, 2.24) is 0 Å². The number of carbonyl (C=O) groups excluding carboxylic acids is 1. The molecule has 2 unspecified atom stereocenters. The zero-order chi connectivity index (χ0) is 34.7. The Kier molecular flexibility index (Phi) is 11.3. The van der Waals surface area contributed by atoms with Gasteiger partial charge in [0.05, 0.1) is 37.0 Å². The number of rotatable bonds is 17. The average Bonchev–Trinajstić information content (AvgIpc) is 3.85. The molecule has 0 radical (unpaired) electrons. The molecule has 6 nitrogen and oxygen atoms in total. The SMILES string of the molecule is CCCCOc1ccc(S(OS(=O)(=O)CC23CCC(CC2=O)C3(C)C)(c2ccc(OCCCC)cc2)c2ccc(Sc3cccs3)s2)cc1. The molecule has 2 fully saturated rings. The number of thiophene rings is 2. The standard InChI is InChI=1S/C38H46O6S5/c1-5-7-23-42-29-11-15-31(16-12-29)49(32-17-13-30(14-18-32)43-24-8-6-2,36-20-19-35(47-36)46-34-10-9-25-45-34)44-48(40,41)27-38-22-21-28(26-33(38)39)37(38,3)4/h9-20,25,28H,5-8,21-24,26-27H2,1-4H3. The molecule has 0 amide bonds. The van der Waals surface area contributed by atoms with Gasteiger partial charge in [-0.1, -0.05) is 58.4 Å². The van der Waals surface area contributed by atoms with Gasteiger partial charge in [0.25, 0.3) is 10.1 Å². The highest BCUT2D eigenvalue weighted by atomic mass is 32.3. The summed E-state index contributed by atoms with van der Waals surface area (Å²) in [4.78, 5) is 15.0. The summed E-state index contributed by atoms with van der Waals surface area (Å²) in [5, 5.41) is 2.05. The van der Waals surface area contributed by atoms with E-state index in [1.165, 1.54) is 0 Å². The van der Waals surface area contributed by atoms with Gasteiger partial charge in [0, 0.05) is 16.2 Å². The fourth-order valence-electron chi connectivity index (χ4n) is 7.13. The molecular weight excluding hydrogens is 713 g/mol. The quantitative estimate of drug-likeness (QED) is 0.0992. The first-order chi connectivity index (χ1) is 23.5. The highest BCUT2D eigenvalue weighted by Crippen LogP contribution is 2.73. The van der Waals surface area contributed by atoms with Crippen molar-refractivity contribution in [2.24, 2.45) is 16.7 Å². The molecule has 2 bridgehead atoms. The van der Waals surface area contributed by atoms with Gasteiger partial charge in [-0.3, -0.25) is 4.79 Å². The highest BCUT2D eigenvalue weighted by Gasteiger charge is 2.66. The van der Waals surface area contributed by atoms with E-state index in [2.05, 4.69) is 45.2 Å². The van der Waals surface area contributed by atoms with E-state index in [4.69, 9.17) is 13.1 Å². The summed E-state index contributed by atoms with van der Waals surface area (Å²) in [6.07, 6.45) is 5.82. The van der Waals surface area contributed by atoms with Crippen LogP contribution in [0.4, 0.5) is 0 Å². The van der Waals surface area contributed by atoms with Crippen LogP contribution in [0.3, 0.4) is 0 Å². The number of hydrogen-bond acceptors (Lipinski definition) is 9. The van der Waals surface area contributed by atoms with Crippen LogP contribution < -0.4 is 9.47 Å². The van der Waals surface area contributed by atoms with Crippen LogP contribution in [0, 0.1) is 16.7 Å². The van der Waals surface area contributed by atoms with Gasteiger partial charge >= 0.3 is 0 Å². The highest BCUT2D eigenvalue weighted by molar-refractivity contribution is 8.34. The Hall–Kier alpha value is -2.28. The van der Waals surface area contributed by atoms with Gasteiger partial charge in [-0.15, -0.1) is 22.7 Å². The molecule has 2 aliphatic rings. The minimum Gasteiger partial charge on any atom is -0.494 e. The maximum absolute atomic E-state index is 14.7. The minimum atomic E-state index is -4.26. The summed E-state index contributed by atoms with van der Waals surface area (Å²) < 4.78 is 51.2. The van der Waals surface area contributed by atoms with E-state index in [1.807, 2.05) is 60.7 Å². The fraction of sp³-hybridized carbons (Fsp3) is 0.447. The van der Waals surface area contributed by atoms with Gasteiger partial charge in [0.15, 0.2) is 0 Å². The second kappa shape index (κ2) is 15.1. The molecule has 0 N–H and O–H groups in total. The molecule has 264 valence electrons. The van der Waals surface area contributed by atoms with Crippen molar-refractivity contribution in [1.29, 1.82) is 0 Å². The molecule has 0 aliphatic heterocycles. The summed E-state index contributed by atoms with van der Waals surface area (Å²) in [6.45, 7) is 9.60. The molecule has 49 heavy (non-hydrogen) atoms. The lowest BCUT2D eigenvalue weighted by Gasteiger charge is -2.41. The summed E-state index contributed by atoms with van der Waals surface area (Å²) in [5.74, 6) is 1.37. The molecule has 0 spiro atoms. The lowest BCUT2D eigenvalue weighted by Crippen LogP contribution is -2.42. The molecule has 11 heteroatoms. The van der Waals surface area contributed by atoms with Crippen LogP contribution in [-0.4, -0.2) is 33.2 Å². The Labute approximate surface area is 305 Å². The Morgan fingerprint density at radius 3 is 1.94 bits per heavy atom. The third-order valence-electron chi connectivity index (χ3n) is 10.1. The first kappa shape index (κ1) is 36.5. The number of ether oxygens (including phenoxy) is 2. The molecule has 4 aromatic rings. The van der Waals surface area contributed by atoms with Crippen molar-refractivity contribution in [3.05, 3.63) is 78.2 Å². The second-order valence-electron chi connectivity index (χ2n) is 13.4. The van der Waals surface area contributed by atoms with Crippen LogP contribution >= 0.6 is 44.7 Å². The minimum absolute atomic E-state index is 0.0504. The maximum atomic E-state index is 14.7. The van der Waals surface area contributed by atoms with Crippen molar-refractivity contribution in [2.75, 3.05) is 19.0 Å². The number of hydrogen-bond donors (Lipinski definition) is 0. The maximum Gasteiger partial charge on any atom is 0.278 e. The molecule has 2 aromatic heterocycles. The van der Waals surface area contributed by atoms with Gasteiger partial charge in [-0.2, -0.15) is 8.42 Å². The van der Waals surface area contributed by atoms with Crippen LogP contribution in [0.2, 0.25) is 0 Å². The van der Waals surface area contributed by atoms with Crippen molar-refractivity contribution < 1.29 is 26.3 Å². The first-order valence-corrected chi connectivity index (χ1v) is 22.8. The van der Waals surface area contributed by atoms with Crippen LogP contribution in [0.25, 0.3) is 0 Å². The van der Waals surface area contributed by atoms with Crippen LogP contribution in [0.1, 0.15) is 72.6 Å². The van der Waals surface area contributed by atoms with Crippen molar-refractivity contribution in [2.45, 2.75) is 95.1 Å². The molecular formula is C38H46O6S5. The second-order valence-corrected chi connectivity index (χ2v) is 21.8. The van der Waals surface area contributed by atoms with Crippen LogP contribution in [0.15, 0.2) is 101 Å². The molecule has 6 rings (SSSR count). The molecule has 2 aliphatic carbocycles. The number of ketones is 1. The average molecular weight is 759 g/mol. The Balaban J connectivity index is 1.47. The van der Waals surface area contributed by atoms with Gasteiger partial charge < -0.3 is 9.47 Å². The normalized spacial score (nSPS) is 20.5. The fourth-order valence-corrected chi connectivity index (χ4v) is 17.4. The van der Waals surface area contributed by atoms with Gasteiger partial charge in [0.2, 0.25) is 0 Å². The number of fused-ring (bicyclic) bond motifs is 2. The zero-order valence-electron chi connectivity index (χ0n) is 28.6. The lowest BCUT2D eigenvalue weighted by atomic mass is 9.70. The monoisotopic (exact) mass is 758 g/mol. The number of carbonyl (C=O) groups is 1. The van der Waals surface area contributed by atoms with Gasteiger partial charge in [-0.25, -0.2) is 3.63 Å². The van der Waals surface area contributed by atoms with Crippen molar-refractivity contribution in [3.8, 4) is 11.5 Å². The van der Waals surface area contributed by atoms with Gasteiger partial charge in [-0.05, 0) is 119 Å². The van der Waals surface area contributed by atoms with Gasteiger partial charge in [0.1, 0.15) is 17.3 Å². The van der Waals surface area contributed by atoms with E-state index < -0.39 is 31.3 Å². The smallest absolute Gasteiger partial charge is 0.278 e. The van der Waals surface area contributed by atoms with E-state index in [0.717, 1.165) is 66.0 Å². The third-order valence-corrected chi connectivity index (χ3v) is 19.2. The zero-order valence-corrected chi connectivity index (χ0v) is 32.7. The van der Waals surface area contributed by atoms with Crippen molar-refractivity contribution >= 4 is 60.6 Å². The van der Waals surface area contributed by atoms with E-state index >= 15 is 0 Å². The Morgan fingerprint density at radius 2 is 1.45 bits per heavy atom. The summed E-state index contributed by atoms with van der Waals surface area (Å²) in [5.41, 5.74) is -1.37. The Bertz CT molecular complexity index is 1760. The third kappa shape index (κ3) is 7.39. The van der Waals surface area contributed by atoms with E-state index in [-0.39, 0.29) is 17.5 Å². The lowest BCUT2D eigenvalue weighted by molar-refractivity contribution is -0.128. The predicted octanol–water partition coefficient (Wildman–Crippen LogP) is 11.3. The Morgan fingerprint density at radius 1 is 0.837 bits per heavy atom. The largest absolute Gasteiger partial charge is 0.494 e. The predicted molar refractivity (Wildman–Crippen MR) is 202 cm³/mol. The molecule has 2 saturated carbocycles. The van der Waals surface area contributed by atoms with Crippen LogP contribution in [0.5, 0.6) is 11.5 Å². The summed E-state index contributed by atoms with van der Waals surface area (Å²) >= 11 is 4.89. The topological polar surface area (TPSA) is 78.9 Å². The molecule has 0 saturated heterocycles. The van der Waals surface area contributed by atoms with E-state index in [1.54, 1.807) is 34.4 Å². The van der Waals surface area contributed by atoms with E-state index in [9.17, 15) is 13.2 Å². The van der Waals surface area contributed by atoms with Crippen LogP contribution in [-0.2, 0) is 18.5 Å². The first-order valence-electron chi connectivity index (χ1n) is 17.1. The van der Waals surface area contributed by atoms with Crippen molar-refractivity contribution in [3.63, 3.8) is 0 Å². The molecule has 2 atom stereocenters. The summed E-state index contributed by atoms with van der Waals surface area (Å²) in [6, 6.07) is 23.6. The van der Waals surface area contributed by atoms with E-state index in [0.29, 0.717) is 26.1 Å². The number of benzene rings is 2. The molecule has 2 aromatic carbocycles.